The Balaban J connectivity index is 2.24. The van der Waals surface area contributed by atoms with E-state index in [1.165, 1.54) is 12.1 Å². The van der Waals surface area contributed by atoms with Crippen molar-refractivity contribution in [2.24, 2.45) is 0 Å². The van der Waals surface area contributed by atoms with Gasteiger partial charge in [0.2, 0.25) is 0 Å². The highest BCUT2D eigenvalue weighted by molar-refractivity contribution is 5.35. The second kappa shape index (κ2) is 4.54. The van der Waals surface area contributed by atoms with Crippen LogP contribution in [0.4, 0.5) is 10.1 Å². The molecule has 1 heterocycles. The minimum atomic E-state index is -0.613. The van der Waals surface area contributed by atoms with Crippen LogP contribution in [0.3, 0.4) is 0 Å². The summed E-state index contributed by atoms with van der Waals surface area (Å²) in [7, 11) is 0. The number of nitrogens with one attached hydrogen (secondary N) is 1. The predicted octanol–water partition coefficient (Wildman–Crippen LogP) is 1.39. The number of rotatable bonds is 2. The van der Waals surface area contributed by atoms with Crippen molar-refractivity contribution < 1.29 is 14.1 Å². The minimum Gasteiger partial charge on any atom is -0.378 e. The van der Waals surface area contributed by atoms with Crippen LogP contribution in [0.15, 0.2) is 18.2 Å². The Labute approximate surface area is 91.4 Å². The van der Waals surface area contributed by atoms with Gasteiger partial charge in [0.05, 0.1) is 30.2 Å². The minimum absolute atomic E-state index is 0.227. The van der Waals surface area contributed by atoms with E-state index >= 15 is 0 Å². The molecule has 1 aromatic rings. The van der Waals surface area contributed by atoms with Crippen LogP contribution in [-0.4, -0.2) is 24.7 Å². The summed E-state index contributed by atoms with van der Waals surface area (Å²) >= 11 is 0. The average Bonchev–Trinajstić information content (AvgIpc) is 2.30. The Morgan fingerprint density at radius 1 is 1.56 bits per heavy atom. The maximum Gasteiger partial charge on any atom is 0.272 e. The quantitative estimate of drug-likeness (QED) is 0.611. The number of benzene rings is 1. The molecule has 0 spiro atoms. The van der Waals surface area contributed by atoms with Crippen molar-refractivity contribution in [3.63, 3.8) is 0 Å². The van der Waals surface area contributed by atoms with E-state index in [2.05, 4.69) is 5.32 Å². The molecule has 1 N–H and O–H groups in total. The van der Waals surface area contributed by atoms with Gasteiger partial charge in [0.1, 0.15) is 5.82 Å². The van der Waals surface area contributed by atoms with E-state index in [-0.39, 0.29) is 11.7 Å². The second-order valence-corrected chi connectivity index (χ2v) is 3.54. The van der Waals surface area contributed by atoms with Gasteiger partial charge in [0, 0.05) is 18.2 Å². The first-order chi connectivity index (χ1) is 7.68. The average molecular weight is 226 g/mol. The van der Waals surface area contributed by atoms with Crippen LogP contribution in [0.5, 0.6) is 0 Å². The fraction of sp³-hybridized carbons (Fsp3) is 0.400. The zero-order valence-electron chi connectivity index (χ0n) is 8.48. The monoisotopic (exact) mass is 226 g/mol. The Hall–Kier alpha value is -1.53. The van der Waals surface area contributed by atoms with Gasteiger partial charge in [-0.05, 0) is 6.07 Å². The van der Waals surface area contributed by atoms with Gasteiger partial charge in [-0.1, -0.05) is 0 Å². The smallest absolute Gasteiger partial charge is 0.272 e. The van der Waals surface area contributed by atoms with Crippen LogP contribution in [0.25, 0.3) is 0 Å². The number of morpholine rings is 1. The number of halogens is 1. The third-order valence-corrected chi connectivity index (χ3v) is 2.49. The molecule has 6 heteroatoms. The topological polar surface area (TPSA) is 64.4 Å². The van der Waals surface area contributed by atoms with Gasteiger partial charge in [0.25, 0.3) is 5.69 Å². The normalized spacial score (nSPS) is 20.7. The van der Waals surface area contributed by atoms with E-state index in [0.29, 0.717) is 25.3 Å². The van der Waals surface area contributed by atoms with Crippen molar-refractivity contribution in [2.75, 3.05) is 19.8 Å². The maximum absolute atomic E-state index is 13.6. The standard InChI is InChI=1S/C10H11FN2O3/c11-9-5-7(13(14)15)1-2-8(9)10-6-16-4-3-12-10/h1-2,5,10,12H,3-4,6H2. The molecule has 16 heavy (non-hydrogen) atoms. The van der Waals surface area contributed by atoms with Gasteiger partial charge >= 0.3 is 0 Å². The van der Waals surface area contributed by atoms with Crippen LogP contribution in [0.2, 0.25) is 0 Å². The maximum atomic E-state index is 13.6. The molecule has 0 aliphatic carbocycles. The molecule has 0 saturated carbocycles. The molecule has 1 unspecified atom stereocenters. The zero-order valence-corrected chi connectivity index (χ0v) is 8.48. The van der Waals surface area contributed by atoms with E-state index in [9.17, 15) is 14.5 Å². The van der Waals surface area contributed by atoms with Crippen LogP contribution < -0.4 is 5.32 Å². The van der Waals surface area contributed by atoms with Crippen LogP contribution in [0, 0.1) is 15.9 Å². The molecule has 1 aliphatic heterocycles. The SMILES string of the molecule is O=[N+]([O-])c1ccc(C2COCCN2)c(F)c1. The van der Waals surface area contributed by atoms with Crippen LogP contribution in [-0.2, 0) is 4.74 Å². The molecule has 1 aromatic carbocycles. The van der Waals surface area contributed by atoms with Crippen molar-refractivity contribution in [1.82, 2.24) is 5.32 Å². The highest BCUT2D eigenvalue weighted by Crippen LogP contribution is 2.23. The molecule has 0 radical (unpaired) electrons. The number of non-ortho nitro benzene ring substituents is 1. The number of ether oxygens (including phenoxy) is 1. The zero-order chi connectivity index (χ0) is 11.5. The summed E-state index contributed by atoms with van der Waals surface area (Å²) in [6, 6.07) is 3.44. The summed E-state index contributed by atoms with van der Waals surface area (Å²) in [5.74, 6) is -0.572. The Kier molecular flexibility index (Phi) is 3.12. The summed E-state index contributed by atoms with van der Waals surface area (Å²) < 4.78 is 18.8. The first-order valence-electron chi connectivity index (χ1n) is 4.93. The Morgan fingerprint density at radius 3 is 2.94 bits per heavy atom. The number of hydrogen-bond donors (Lipinski definition) is 1. The molecule has 2 rings (SSSR count). The van der Waals surface area contributed by atoms with Crippen LogP contribution >= 0.6 is 0 Å². The lowest BCUT2D eigenvalue weighted by Crippen LogP contribution is -2.35. The van der Waals surface area contributed by atoms with Crippen LogP contribution in [0.1, 0.15) is 11.6 Å². The molecule has 86 valence electrons. The summed E-state index contributed by atoms with van der Waals surface area (Å²) in [6.45, 7) is 1.64. The summed E-state index contributed by atoms with van der Waals surface area (Å²) in [4.78, 5) is 9.83. The lowest BCUT2D eigenvalue weighted by Gasteiger charge is -2.24. The van der Waals surface area contributed by atoms with Gasteiger partial charge in [-0.25, -0.2) is 4.39 Å². The molecule has 0 aromatic heterocycles. The van der Waals surface area contributed by atoms with E-state index in [0.717, 1.165) is 6.07 Å². The number of nitrogens with zero attached hydrogens (tertiary/aromatic N) is 1. The number of nitro groups is 1. The van der Waals surface area contributed by atoms with E-state index < -0.39 is 10.7 Å². The second-order valence-electron chi connectivity index (χ2n) is 3.54. The summed E-state index contributed by atoms with van der Waals surface area (Å²) in [6.07, 6.45) is 0. The van der Waals surface area contributed by atoms with Crippen molar-refractivity contribution in [3.8, 4) is 0 Å². The lowest BCUT2D eigenvalue weighted by atomic mass is 10.1. The molecule has 0 amide bonds. The molecule has 5 nitrogen and oxygen atoms in total. The molecule has 1 fully saturated rings. The van der Waals surface area contributed by atoms with E-state index in [1.54, 1.807) is 0 Å². The predicted molar refractivity (Wildman–Crippen MR) is 54.6 cm³/mol. The summed E-state index contributed by atoms with van der Waals surface area (Å²) in [5.41, 5.74) is 0.170. The Morgan fingerprint density at radius 2 is 2.38 bits per heavy atom. The largest absolute Gasteiger partial charge is 0.378 e. The third-order valence-electron chi connectivity index (χ3n) is 2.49. The van der Waals surface area contributed by atoms with Crippen molar-refractivity contribution in [2.45, 2.75) is 6.04 Å². The molecular weight excluding hydrogens is 215 g/mol. The first-order valence-corrected chi connectivity index (χ1v) is 4.93. The van der Waals surface area contributed by atoms with Gasteiger partial charge in [0.15, 0.2) is 0 Å². The molecule has 0 bridgehead atoms. The van der Waals surface area contributed by atoms with Crippen molar-refractivity contribution in [1.29, 1.82) is 0 Å². The first kappa shape index (κ1) is 11.0. The molecule has 1 atom stereocenters. The Bertz CT molecular complexity index is 405. The van der Waals surface area contributed by atoms with Gasteiger partial charge < -0.3 is 10.1 Å². The number of hydrogen-bond acceptors (Lipinski definition) is 4. The fourth-order valence-corrected chi connectivity index (χ4v) is 1.68. The number of nitro benzene ring substituents is 1. The highest BCUT2D eigenvalue weighted by atomic mass is 19.1. The molecule has 1 aliphatic rings. The van der Waals surface area contributed by atoms with Gasteiger partial charge in [-0.2, -0.15) is 0 Å². The van der Waals surface area contributed by atoms with Crippen molar-refractivity contribution >= 4 is 5.69 Å². The molecule has 1 saturated heterocycles. The van der Waals surface area contributed by atoms with E-state index in [4.69, 9.17) is 4.74 Å². The third kappa shape index (κ3) is 2.17. The van der Waals surface area contributed by atoms with Gasteiger partial charge in [-0.3, -0.25) is 10.1 Å². The van der Waals surface area contributed by atoms with E-state index in [1.807, 2.05) is 0 Å². The summed E-state index contributed by atoms with van der Waals surface area (Å²) in [5, 5.41) is 13.5. The van der Waals surface area contributed by atoms with Crippen molar-refractivity contribution in [3.05, 3.63) is 39.7 Å². The fourth-order valence-electron chi connectivity index (χ4n) is 1.68. The van der Waals surface area contributed by atoms with Gasteiger partial charge in [-0.15, -0.1) is 0 Å². The highest BCUT2D eigenvalue weighted by Gasteiger charge is 2.20. The molecular formula is C10H11FN2O3. The lowest BCUT2D eigenvalue weighted by molar-refractivity contribution is -0.385.